The first-order valence-electron chi connectivity index (χ1n) is 7.84. The van der Waals surface area contributed by atoms with E-state index in [4.69, 9.17) is 21.1 Å². The molecule has 0 saturated heterocycles. The van der Waals surface area contributed by atoms with Crippen LogP contribution in [-0.4, -0.2) is 42.8 Å². The highest BCUT2D eigenvalue weighted by Gasteiger charge is 2.24. The van der Waals surface area contributed by atoms with E-state index < -0.39 is 19.1 Å². The molecule has 1 unspecified atom stereocenters. The van der Waals surface area contributed by atoms with Crippen LogP contribution < -0.4 is 9.96 Å². The minimum absolute atomic E-state index is 0.284. The molecule has 9 heteroatoms. The minimum atomic E-state index is -0.821. The van der Waals surface area contributed by atoms with Crippen molar-refractivity contribution >= 4 is 36.0 Å². The number of esters is 1. The summed E-state index contributed by atoms with van der Waals surface area (Å²) in [4.78, 5) is 17.3. The number of carbonyl (C=O) groups is 1. The molecular formula is C16H20BClN2O4S. The number of halogens is 1. The van der Waals surface area contributed by atoms with Crippen molar-refractivity contribution < 1.29 is 19.3 Å². The highest BCUT2D eigenvalue weighted by molar-refractivity contribution is 7.15. The van der Waals surface area contributed by atoms with E-state index in [1.807, 2.05) is 12.1 Å². The molecule has 0 saturated carbocycles. The van der Waals surface area contributed by atoms with Gasteiger partial charge >= 0.3 is 13.0 Å². The van der Waals surface area contributed by atoms with Crippen molar-refractivity contribution in [3.8, 4) is 16.3 Å². The van der Waals surface area contributed by atoms with Gasteiger partial charge in [-0.05, 0) is 31.9 Å². The van der Waals surface area contributed by atoms with Gasteiger partial charge in [-0.25, -0.2) is 4.98 Å². The highest BCUT2D eigenvalue weighted by Crippen LogP contribution is 2.34. The molecule has 0 aliphatic heterocycles. The molecule has 1 aromatic heterocycles. The number of hydrogen-bond donors (Lipinski definition) is 2. The van der Waals surface area contributed by atoms with E-state index in [0.29, 0.717) is 17.2 Å². The number of methoxy groups -OCH3 is 1. The predicted molar refractivity (Wildman–Crippen MR) is 100 cm³/mol. The second kappa shape index (κ2) is 9.19. The molecule has 134 valence electrons. The van der Waals surface area contributed by atoms with Gasteiger partial charge in [-0.2, -0.15) is 0 Å². The van der Waals surface area contributed by atoms with Crippen LogP contribution in [0.15, 0.2) is 24.4 Å². The Bertz CT molecular complexity index is 726. The molecule has 0 fully saturated rings. The fourth-order valence-corrected chi connectivity index (χ4v) is 3.58. The summed E-state index contributed by atoms with van der Waals surface area (Å²) in [6, 6.07) is 4.76. The minimum Gasteiger partial charge on any atom is -0.497 e. The molecule has 1 heterocycles. The maximum Gasteiger partial charge on any atom is 0.374 e. The van der Waals surface area contributed by atoms with Gasteiger partial charge in [-0.3, -0.25) is 4.79 Å². The molecule has 2 N–H and O–H groups in total. The lowest BCUT2D eigenvalue weighted by atomic mass is 9.86. The van der Waals surface area contributed by atoms with E-state index >= 15 is 0 Å². The molecule has 0 aliphatic rings. The zero-order valence-electron chi connectivity index (χ0n) is 14.3. The molecule has 6 nitrogen and oxygen atoms in total. The number of benzene rings is 1. The zero-order chi connectivity index (χ0) is 18.4. The van der Waals surface area contributed by atoms with Crippen molar-refractivity contribution in [1.82, 2.24) is 10.2 Å². The van der Waals surface area contributed by atoms with Gasteiger partial charge in [-0.15, -0.1) is 11.3 Å². The zero-order valence-corrected chi connectivity index (χ0v) is 15.9. The second-order valence-electron chi connectivity index (χ2n) is 5.33. The van der Waals surface area contributed by atoms with E-state index in [9.17, 15) is 9.82 Å². The first-order valence-corrected chi connectivity index (χ1v) is 9.03. The van der Waals surface area contributed by atoms with Gasteiger partial charge in [0.25, 0.3) is 0 Å². The van der Waals surface area contributed by atoms with Crippen molar-refractivity contribution in [2.24, 2.45) is 0 Å². The van der Waals surface area contributed by atoms with Gasteiger partial charge in [0.05, 0.1) is 18.7 Å². The van der Waals surface area contributed by atoms with Crippen LogP contribution in [0, 0.1) is 0 Å². The number of nitrogens with one attached hydrogen (secondary N) is 1. The summed E-state index contributed by atoms with van der Waals surface area (Å²) in [5.74, 6) is 0.273. The molecule has 0 aliphatic carbocycles. The Kier molecular flexibility index (Phi) is 7.25. The lowest BCUT2D eigenvalue weighted by Crippen LogP contribution is -2.46. The summed E-state index contributed by atoms with van der Waals surface area (Å²) in [5.41, 5.74) is 0.801. The van der Waals surface area contributed by atoms with Crippen molar-refractivity contribution in [1.29, 1.82) is 0 Å². The Morgan fingerprint density at radius 1 is 1.52 bits per heavy atom. The number of nitrogens with zero attached hydrogens (tertiary/aromatic N) is 1. The molecule has 1 aromatic carbocycles. The van der Waals surface area contributed by atoms with Crippen LogP contribution in [0.1, 0.15) is 11.8 Å². The van der Waals surface area contributed by atoms with Crippen molar-refractivity contribution in [2.75, 3.05) is 13.7 Å². The Labute approximate surface area is 156 Å². The lowest BCUT2D eigenvalue weighted by molar-refractivity contribution is -0.145. The average molecular weight is 383 g/mol. The van der Waals surface area contributed by atoms with Crippen molar-refractivity contribution in [3.63, 3.8) is 0 Å². The van der Waals surface area contributed by atoms with E-state index in [2.05, 4.69) is 10.2 Å². The van der Waals surface area contributed by atoms with Crippen LogP contribution in [0.5, 0.6) is 5.75 Å². The van der Waals surface area contributed by atoms with E-state index in [1.165, 1.54) is 11.3 Å². The molecule has 1 atom stereocenters. The third-order valence-corrected chi connectivity index (χ3v) is 4.74. The first kappa shape index (κ1) is 19.7. The third-order valence-electron chi connectivity index (χ3n) is 3.38. The Morgan fingerprint density at radius 3 is 2.88 bits per heavy atom. The smallest absolute Gasteiger partial charge is 0.374 e. The summed E-state index contributed by atoms with van der Waals surface area (Å²) < 4.78 is 10.2. The number of carbonyl (C=O) groups excluding carboxylic acids is 1. The lowest BCUT2D eigenvalue weighted by Gasteiger charge is -2.16. The van der Waals surface area contributed by atoms with Crippen LogP contribution >= 0.6 is 22.9 Å². The maximum absolute atomic E-state index is 12.0. The topological polar surface area (TPSA) is 80.7 Å². The first-order chi connectivity index (χ1) is 11.9. The molecule has 0 radical (unpaired) electrons. The van der Waals surface area contributed by atoms with Crippen LogP contribution in [-0.2, 0) is 16.0 Å². The van der Waals surface area contributed by atoms with Gasteiger partial charge in [-0.1, -0.05) is 11.6 Å². The number of aromatic nitrogens is 1. The van der Waals surface area contributed by atoms with Gasteiger partial charge in [0, 0.05) is 23.1 Å². The number of thiazole rings is 1. The van der Waals surface area contributed by atoms with Gasteiger partial charge < -0.3 is 19.7 Å². The van der Waals surface area contributed by atoms with E-state index in [-0.39, 0.29) is 6.61 Å². The fraction of sp³-hybridized carbons (Fsp3) is 0.375. The summed E-state index contributed by atoms with van der Waals surface area (Å²) >= 11 is 7.72. The highest BCUT2D eigenvalue weighted by atomic mass is 35.5. The van der Waals surface area contributed by atoms with Crippen molar-refractivity contribution in [3.05, 3.63) is 34.3 Å². The van der Waals surface area contributed by atoms with Gasteiger partial charge in [0.15, 0.2) is 0 Å². The molecule has 0 spiro atoms. The summed E-state index contributed by atoms with van der Waals surface area (Å²) in [6.45, 7) is 3.58. The Morgan fingerprint density at radius 2 is 2.28 bits per heavy atom. The molecule has 0 bridgehead atoms. The van der Waals surface area contributed by atoms with E-state index in [1.54, 1.807) is 33.1 Å². The SMILES string of the molecule is CCOC(=O)C(Cc1cnc(-c2ccc(OC)cc2Cl)s1)NB(C)O. The molecule has 0 amide bonds. The predicted octanol–water partition coefficient (Wildman–Crippen LogP) is 2.65. The second-order valence-corrected chi connectivity index (χ2v) is 6.85. The third kappa shape index (κ3) is 5.44. The quantitative estimate of drug-likeness (QED) is 0.539. The Hall–Kier alpha value is -1.61. The van der Waals surface area contributed by atoms with Crippen LogP contribution in [0.3, 0.4) is 0 Å². The summed E-state index contributed by atoms with van der Waals surface area (Å²) in [6.07, 6.45) is 2.08. The van der Waals surface area contributed by atoms with Gasteiger partial charge in [0.2, 0.25) is 0 Å². The van der Waals surface area contributed by atoms with Gasteiger partial charge in [0.1, 0.15) is 16.8 Å². The molecule has 2 aromatic rings. The van der Waals surface area contributed by atoms with Crippen LogP contribution in [0.25, 0.3) is 10.6 Å². The summed E-state index contributed by atoms with van der Waals surface area (Å²) in [7, 11) is 0.759. The normalized spacial score (nSPS) is 11.9. The largest absolute Gasteiger partial charge is 0.497 e. The number of rotatable bonds is 8. The molecule has 2 rings (SSSR count). The van der Waals surface area contributed by atoms with Crippen molar-refractivity contribution in [2.45, 2.75) is 26.2 Å². The monoisotopic (exact) mass is 382 g/mol. The number of ether oxygens (including phenoxy) is 2. The molecular weight excluding hydrogens is 363 g/mol. The van der Waals surface area contributed by atoms with E-state index in [0.717, 1.165) is 15.4 Å². The standard InChI is InChI=1S/C16H20BClN2O4S/c1-4-24-16(21)14(20-17(2)22)8-11-9-19-15(25-11)12-6-5-10(23-3)7-13(12)18/h5-7,9,14,20,22H,4,8H2,1-3H3. The van der Waals surface area contributed by atoms with Crippen LogP contribution in [0.2, 0.25) is 11.8 Å². The molecule has 25 heavy (non-hydrogen) atoms. The number of hydrogen-bond acceptors (Lipinski definition) is 7. The fourth-order valence-electron chi connectivity index (χ4n) is 2.27. The maximum atomic E-state index is 12.0. The van der Waals surface area contributed by atoms with Crippen LogP contribution in [0.4, 0.5) is 0 Å². The summed E-state index contributed by atoms with van der Waals surface area (Å²) in [5, 5.41) is 13.6. The average Bonchev–Trinajstić information content (AvgIpc) is 3.02. The Balaban J connectivity index is 2.17.